The lowest BCUT2D eigenvalue weighted by atomic mass is 10.2. The summed E-state index contributed by atoms with van der Waals surface area (Å²) in [7, 11) is 1.57. The van der Waals surface area contributed by atoms with E-state index in [1.54, 1.807) is 37.5 Å². The Balaban J connectivity index is 2.56. The third-order valence-corrected chi connectivity index (χ3v) is 2.76. The Kier molecular flexibility index (Phi) is 5.79. The number of hydrogen-bond donors (Lipinski definition) is 2. The molecule has 1 aromatic carbocycles. The van der Waals surface area contributed by atoms with Gasteiger partial charge in [0, 0.05) is 11.3 Å². The van der Waals surface area contributed by atoms with Crippen molar-refractivity contribution in [2.75, 3.05) is 12.9 Å². The van der Waals surface area contributed by atoms with Gasteiger partial charge in [-0.1, -0.05) is 17.8 Å². The number of nitrogens with one attached hydrogen (secondary N) is 1. The number of rotatable bonds is 5. The van der Waals surface area contributed by atoms with Gasteiger partial charge in [-0.25, -0.2) is 5.43 Å². The van der Waals surface area contributed by atoms with Crippen molar-refractivity contribution >= 4 is 22.8 Å². The van der Waals surface area contributed by atoms with Gasteiger partial charge in [-0.2, -0.15) is 0 Å². The van der Waals surface area contributed by atoms with E-state index in [0.29, 0.717) is 17.1 Å². The third-order valence-electron chi connectivity index (χ3n) is 1.97. The molecule has 0 aliphatic rings. The van der Waals surface area contributed by atoms with Crippen LogP contribution in [0.1, 0.15) is 10.4 Å². The highest BCUT2D eigenvalue weighted by Crippen LogP contribution is 2.11. The molecule has 1 aromatic rings. The summed E-state index contributed by atoms with van der Waals surface area (Å²) < 4.78 is 5.00. The Morgan fingerprint density at radius 3 is 2.78 bits per heavy atom. The fourth-order valence-electron chi connectivity index (χ4n) is 1.09. The van der Waals surface area contributed by atoms with E-state index in [0.717, 1.165) is 0 Å². The smallest absolute Gasteiger partial charge is 0.271 e. The van der Waals surface area contributed by atoms with E-state index in [2.05, 4.69) is 17.1 Å². The van der Waals surface area contributed by atoms with Crippen LogP contribution in [0.3, 0.4) is 0 Å². The van der Waals surface area contributed by atoms with Gasteiger partial charge in [-0.3, -0.25) is 4.79 Å². The van der Waals surface area contributed by atoms with Gasteiger partial charge in [0.2, 0.25) is 0 Å². The van der Waals surface area contributed by atoms with Crippen molar-refractivity contribution < 1.29 is 9.53 Å². The summed E-state index contributed by atoms with van der Waals surface area (Å²) in [6, 6.07) is 6.70. The van der Waals surface area contributed by atoms with Gasteiger partial charge in [0.05, 0.1) is 7.11 Å². The molecule has 6 heteroatoms. The number of carbonyl (C=O) groups is 1. The summed E-state index contributed by atoms with van der Waals surface area (Å²) in [5.74, 6) is 1.02. The molecule has 1 rings (SSSR count). The Morgan fingerprint density at radius 2 is 2.22 bits per heavy atom. The molecule has 0 aliphatic carbocycles. The Morgan fingerprint density at radius 1 is 1.56 bits per heavy atom. The topological polar surface area (TPSA) is 76.7 Å². The molecule has 96 valence electrons. The average molecular weight is 265 g/mol. The lowest BCUT2D eigenvalue weighted by molar-refractivity contribution is 0.0955. The Hall–Kier alpha value is -1.95. The highest BCUT2D eigenvalue weighted by atomic mass is 32.2. The summed E-state index contributed by atoms with van der Waals surface area (Å²) in [6.45, 7) is 3.56. The number of nitrogens with zero attached hydrogens (tertiary/aromatic N) is 1. The minimum atomic E-state index is -0.320. The molecule has 0 fully saturated rings. The SMILES string of the molecule is C=CCS/C(N)=N/NC(=O)c1ccc(OC)cc1. The Bertz CT molecular complexity index is 443. The summed E-state index contributed by atoms with van der Waals surface area (Å²) >= 11 is 1.29. The molecule has 0 aliphatic heterocycles. The first-order valence-corrected chi connectivity index (χ1v) is 6.17. The number of thioether (sulfide) groups is 1. The number of benzene rings is 1. The van der Waals surface area contributed by atoms with E-state index in [4.69, 9.17) is 10.5 Å². The predicted octanol–water partition coefficient (Wildman–Crippen LogP) is 1.57. The van der Waals surface area contributed by atoms with Crippen LogP contribution in [-0.4, -0.2) is 23.9 Å². The van der Waals surface area contributed by atoms with E-state index in [1.165, 1.54) is 11.8 Å². The molecule has 0 heterocycles. The monoisotopic (exact) mass is 265 g/mol. The van der Waals surface area contributed by atoms with Gasteiger partial charge >= 0.3 is 0 Å². The molecule has 18 heavy (non-hydrogen) atoms. The van der Waals surface area contributed by atoms with Crippen molar-refractivity contribution in [1.29, 1.82) is 0 Å². The molecule has 0 spiro atoms. The van der Waals surface area contributed by atoms with Gasteiger partial charge < -0.3 is 10.5 Å². The van der Waals surface area contributed by atoms with E-state index in [9.17, 15) is 4.79 Å². The van der Waals surface area contributed by atoms with Crippen LogP contribution in [0.4, 0.5) is 0 Å². The van der Waals surface area contributed by atoms with Crippen LogP contribution in [0.15, 0.2) is 42.0 Å². The first kappa shape index (κ1) is 14.1. The lowest BCUT2D eigenvalue weighted by Gasteiger charge is -2.03. The standard InChI is InChI=1S/C12H15N3O2S/c1-3-8-18-12(13)15-14-11(16)9-4-6-10(17-2)7-5-9/h3-7H,1,8H2,2H3,(H2,13,15)(H,14,16). The van der Waals surface area contributed by atoms with Gasteiger partial charge in [0.1, 0.15) is 5.75 Å². The zero-order valence-corrected chi connectivity index (χ0v) is 10.9. The molecule has 1 amide bonds. The summed E-state index contributed by atoms with van der Waals surface area (Å²) in [4.78, 5) is 11.7. The van der Waals surface area contributed by atoms with Crippen LogP contribution in [0.2, 0.25) is 0 Å². The number of methoxy groups -OCH3 is 1. The van der Waals surface area contributed by atoms with Gasteiger partial charge in [0.25, 0.3) is 5.91 Å². The van der Waals surface area contributed by atoms with E-state index in [1.807, 2.05) is 0 Å². The number of nitrogens with two attached hydrogens (primary N) is 1. The van der Waals surface area contributed by atoms with Crippen molar-refractivity contribution in [3.05, 3.63) is 42.5 Å². The highest BCUT2D eigenvalue weighted by molar-refractivity contribution is 8.13. The van der Waals surface area contributed by atoms with Gasteiger partial charge in [0.15, 0.2) is 5.17 Å². The second-order valence-electron chi connectivity index (χ2n) is 3.22. The van der Waals surface area contributed by atoms with Crippen LogP contribution in [0.5, 0.6) is 5.75 Å². The lowest BCUT2D eigenvalue weighted by Crippen LogP contribution is -2.21. The first-order valence-electron chi connectivity index (χ1n) is 5.18. The van der Waals surface area contributed by atoms with Crippen LogP contribution in [-0.2, 0) is 0 Å². The summed E-state index contributed by atoms with van der Waals surface area (Å²) in [5.41, 5.74) is 8.42. The fourth-order valence-corrected chi connectivity index (χ4v) is 1.49. The fraction of sp³-hybridized carbons (Fsp3) is 0.167. The van der Waals surface area contributed by atoms with E-state index < -0.39 is 0 Å². The van der Waals surface area contributed by atoms with E-state index in [-0.39, 0.29) is 11.1 Å². The minimum Gasteiger partial charge on any atom is -0.497 e. The number of carbonyl (C=O) groups excluding carboxylic acids is 1. The quantitative estimate of drug-likeness (QED) is 0.367. The average Bonchev–Trinajstić information content (AvgIpc) is 2.42. The maximum absolute atomic E-state index is 11.7. The molecular formula is C12H15N3O2S. The van der Waals surface area contributed by atoms with Crippen molar-refractivity contribution in [2.45, 2.75) is 0 Å². The summed E-state index contributed by atoms with van der Waals surface area (Å²) in [6.07, 6.45) is 1.71. The number of amidine groups is 1. The van der Waals surface area contributed by atoms with Crippen LogP contribution in [0, 0.1) is 0 Å². The molecule has 0 bridgehead atoms. The highest BCUT2D eigenvalue weighted by Gasteiger charge is 2.04. The largest absolute Gasteiger partial charge is 0.497 e. The Labute approximate surface area is 110 Å². The zero-order chi connectivity index (χ0) is 13.4. The second kappa shape index (κ2) is 7.39. The normalized spacial score (nSPS) is 10.8. The maximum atomic E-state index is 11.7. The van der Waals surface area contributed by atoms with Crippen molar-refractivity contribution in [3.63, 3.8) is 0 Å². The molecule has 0 radical (unpaired) electrons. The molecule has 3 N–H and O–H groups in total. The molecule has 0 unspecified atom stereocenters. The maximum Gasteiger partial charge on any atom is 0.271 e. The number of amides is 1. The molecule has 0 aromatic heterocycles. The molecule has 0 saturated heterocycles. The molecule has 5 nitrogen and oxygen atoms in total. The van der Waals surface area contributed by atoms with Crippen molar-refractivity contribution in [2.24, 2.45) is 10.8 Å². The minimum absolute atomic E-state index is 0.289. The van der Waals surface area contributed by atoms with Gasteiger partial charge in [-0.05, 0) is 24.3 Å². The van der Waals surface area contributed by atoms with Crippen LogP contribution < -0.4 is 15.9 Å². The second-order valence-corrected chi connectivity index (χ2v) is 4.26. The van der Waals surface area contributed by atoms with Crippen LogP contribution >= 0.6 is 11.8 Å². The molecule has 0 atom stereocenters. The molecule has 0 saturated carbocycles. The van der Waals surface area contributed by atoms with Gasteiger partial charge in [-0.15, -0.1) is 11.7 Å². The predicted molar refractivity (Wildman–Crippen MR) is 74.7 cm³/mol. The third kappa shape index (κ3) is 4.50. The van der Waals surface area contributed by atoms with E-state index >= 15 is 0 Å². The van der Waals surface area contributed by atoms with Crippen molar-refractivity contribution in [1.82, 2.24) is 5.43 Å². The summed E-state index contributed by atoms with van der Waals surface area (Å²) in [5, 5.41) is 4.05. The first-order chi connectivity index (χ1) is 8.67. The number of ether oxygens (including phenoxy) is 1. The van der Waals surface area contributed by atoms with Crippen LogP contribution in [0.25, 0.3) is 0 Å². The molecular weight excluding hydrogens is 250 g/mol. The zero-order valence-electron chi connectivity index (χ0n) is 10.1. The number of hydrogen-bond acceptors (Lipinski definition) is 4. The van der Waals surface area contributed by atoms with Crippen molar-refractivity contribution in [3.8, 4) is 5.75 Å². The number of hydrazone groups is 1.